The molecule has 1 atom stereocenters. The predicted octanol–water partition coefficient (Wildman–Crippen LogP) is 0.259. The maximum absolute atomic E-state index is 12.7. The summed E-state index contributed by atoms with van der Waals surface area (Å²) >= 11 is 0. The Morgan fingerprint density at radius 3 is 3.00 bits per heavy atom. The summed E-state index contributed by atoms with van der Waals surface area (Å²) in [5.41, 5.74) is 6.02. The van der Waals surface area contributed by atoms with Crippen LogP contribution in [0.25, 0.3) is 0 Å². The van der Waals surface area contributed by atoms with Crippen LogP contribution in [-0.2, 0) is 13.5 Å². The lowest BCUT2D eigenvalue weighted by molar-refractivity contribution is 0.340. The van der Waals surface area contributed by atoms with Gasteiger partial charge in [-0.05, 0) is 5.56 Å². The van der Waals surface area contributed by atoms with Crippen LogP contribution in [0.2, 0.25) is 0 Å². The van der Waals surface area contributed by atoms with E-state index in [0.29, 0.717) is 6.42 Å². The number of halogens is 1. The average Bonchev–Trinajstić information content (AvgIpc) is 2.35. The van der Waals surface area contributed by atoms with Crippen LogP contribution in [0.4, 0.5) is 4.39 Å². The minimum Gasteiger partial charge on any atom is -0.328 e. The summed E-state index contributed by atoms with van der Waals surface area (Å²) in [4.78, 5) is 0. The smallest absolute Gasteiger partial charge is 0.116 e. The minimum absolute atomic E-state index is 0.0783. The molecule has 0 spiro atoms. The highest BCUT2D eigenvalue weighted by molar-refractivity contribution is 5.05. The largest absolute Gasteiger partial charge is 0.328 e. The van der Waals surface area contributed by atoms with E-state index in [4.69, 9.17) is 5.73 Å². The lowest BCUT2D eigenvalue weighted by Gasteiger charge is -2.00. The molecule has 0 saturated carbocycles. The van der Waals surface area contributed by atoms with Crippen LogP contribution in [0.5, 0.6) is 0 Å². The fourth-order valence-electron chi connectivity index (χ4n) is 0.916. The van der Waals surface area contributed by atoms with Gasteiger partial charge in [0.25, 0.3) is 0 Å². The van der Waals surface area contributed by atoms with Crippen molar-refractivity contribution in [3.63, 3.8) is 0 Å². The van der Waals surface area contributed by atoms with Crippen LogP contribution in [0.1, 0.15) is 5.56 Å². The molecule has 0 aliphatic rings. The lowest BCUT2D eigenvalue weighted by Crippen LogP contribution is -2.17. The molecule has 1 rings (SSSR count). The molecule has 3 nitrogen and oxygen atoms in total. The third kappa shape index (κ3) is 2.31. The first-order valence-electron chi connectivity index (χ1n) is 3.54. The Morgan fingerprint density at radius 2 is 2.55 bits per heavy atom. The van der Waals surface area contributed by atoms with Crippen molar-refractivity contribution in [1.29, 1.82) is 0 Å². The van der Waals surface area contributed by atoms with Crippen molar-refractivity contribution in [3.8, 4) is 0 Å². The number of hydrogen-bond donors (Lipinski definition) is 1. The molecule has 0 saturated heterocycles. The zero-order chi connectivity index (χ0) is 8.27. The van der Waals surface area contributed by atoms with Gasteiger partial charge in [-0.1, -0.05) is 0 Å². The topological polar surface area (TPSA) is 43.8 Å². The van der Waals surface area contributed by atoms with E-state index in [-0.39, 0.29) is 6.54 Å². The molecule has 1 aromatic rings. The third-order valence-electron chi connectivity index (χ3n) is 1.47. The van der Waals surface area contributed by atoms with Crippen molar-refractivity contribution in [2.24, 2.45) is 12.8 Å². The second-order valence-corrected chi connectivity index (χ2v) is 2.56. The van der Waals surface area contributed by atoms with Crippen LogP contribution >= 0.6 is 0 Å². The Kier molecular flexibility index (Phi) is 2.59. The predicted molar refractivity (Wildman–Crippen MR) is 40.9 cm³/mol. The van der Waals surface area contributed by atoms with Gasteiger partial charge in [-0.15, -0.1) is 0 Å². The molecule has 0 bridgehead atoms. The van der Waals surface area contributed by atoms with Gasteiger partial charge in [0.15, 0.2) is 0 Å². The van der Waals surface area contributed by atoms with Gasteiger partial charge in [-0.2, -0.15) is 5.10 Å². The second-order valence-electron chi connectivity index (χ2n) is 2.56. The van der Waals surface area contributed by atoms with E-state index < -0.39 is 6.17 Å². The normalized spacial score (nSPS) is 13.4. The SMILES string of the molecule is Cn1cc(CC(F)CN)cn1. The summed E-state index contributed by atoms with van der Waals surface area (Å²) in [6.07, 6.45) is 2.87. The van der Waals surface area contributed by atoms with E-state index >= 15 is 0 Å². The highest BCUT2D eigenvalue weighted by Crippen LogP contribution is 2.02. The van der Waals surface area contributed by atoms with Crippen molar-refractivity contribution < 1.29 is 4.39 Å². The molecule has 0 radical (unpaired) electrons. The monoisotopic (exact) mass is 157 g/mol. The molecule has 0 aromatic carbocycles. The molecule has 1 aromatic heterocycles. The molecule has 4 heteroatoms. The lowest BCUT2D eigenvalue weighted by atomic mass is 10.2. The summed E-state index contributed by atoms with van der Waals surface area (Å²) in [5.74, 6) is 0. The number of hydrogen-bond acceptors (Lipinski definition) is 2. The summed E-state index contributed by atoms with van der Waals surface area (Å²) in [7, 11) is 1.80. The van der Waals surface area contributed by atoms with Gasteiger partial charge >= 0.3 is 0 Å². The Bertz CT molecular complexity index is 221. The van der Waals surface area contributed by atoms with Gasteiger partial charge in [-0.3, -0.25) is 4.68 Å². The van der Waals surface area contributed by atoms with Crippen LogP contribution in [0, 0.1) is 0 Å². The third-order valence-corrected chi connectivity index (χ3v) is 1.47. The zero-order valence-corrected chi connectivity index (χ0v) is 6.50. The summed E-state index contributed by atoms with van der Waals surface area (Å²) in [6.45, 7) is 0.0783. The molecule has 0 aliphatic heterocycles. The van der Waals surface area contributed by atoms with Crippen LogP contribution in [0.3, 0.4) is 0 Å². The number of nitrogens with two attached hydrogens (primary N) is 1. The van der Waals surface area contributed by atoms with E-state index in [1.807, 2.05) is 0 Å². The molecule has 1 unspecified atom stereocenters. The van der Waals surface area contributed by atoms with Gasteiger partial charge in [0, 0.05) is 26.2 Å². The maximum atomic E-state index is 12.7. The quantitative estimate of drug-likeness (QED) is 0.684. The fraction of sp³-hybridized carbons (Fsp3) is 0.571. The first-order valence-corrected chi connectivity index (χ1v) is 3.54. The number of alkyl halides is 1. The summed E-state index contributed by atoms with van der Waals surface area (Å²) in [6, 6.07) is 0. The molecule has 62 valence electrons. The van der Waals surface area contributed by atoms with Gasteiger partial charge in [-0.25, -0.2) is 4.39 Å². The maximum Gasteiger partial charge on any atom is 0.116 e. The van der Waals surface area contributed by atoms with Crippen LogP contribution < -0.4 is 5.73 Å². The van der Waals surface area contributed by atoms with Crippen molar-refractivity contribution in [2.45, 2.75) is 12.6 Å². The first-order chi connectivity index (χ1) is 5.22. The Hall–Kier alpha value is -0.900. The molecule has 0 amide bonds. The van der Waals surface area contributed by atoms with Gasteiger partial charge in [0.1, 0.15) is 6.17 Å². The average molecular weight is 157 g/mol. The van der Waals surface area contributed by atoms with Gasteiger partial charge < -0.3 is 5.73 Å². The molecule has 0 aliphatic carbocycles. The van der Waals surface area contributed by atoms with Crippen molar-refractivity contribution in [2.75, 3.05) is 6.54 Å². The molecule has 1 heterocycles. The van der Waals surface area contributed by atoms with E-state index in [1.54, 1.807) is 24.1 Å². The Labute approximate surface area is 65.0 Å². The number of nitrogens with zero attached hydrogens (tertiary/aromatic N) is 2. The summed E-state index contributed by atoms with van der Waals surface area (Å²) in [5, 5.41) is 3.91. The standard InChI is InChI=1S/C7H12FN3/c1-11-5-6(4-10-11)2-7(8)3-9/h4-5,7H,2-3,9H2,1H3. The highest BCUT2D eigenvalue weighted by Gasteiger charge is 2.05. The van der Waals surface area contributed by atoms with Gasteiger partial charge in [0.2, 0.25) is 0 Å². The fourth-order valence-corrected chi connectivity index (χ4v) is 0.916. The van der Waals surface area contributed by atoms with Crippen molar-refractivity contribution in [3.05, 3.63) is 18.0 Å². The molecular weight excluding hydrogens is 145 g/mol. The van der Waals surface area contributed by atoms with Gasteiger partial charge in [0.05, 0.1) is 6.20 Å². The number of aromatic nitrogens is 2. The first kappa shape index (κ1) is 8.20. The van der Waals surface area contributed by atoms with Crippen molar-refractivity contribution in [1.82, 2.24) is 9.78 Å². The van der Waals surface area contributed by atoms with E-state index in [1.165, 1.54) is 0 Å². The Morgan fingerprint density at radius 1 is 1.82 bits per heavy atom. The number of aryl methyl sites for hydroxylation is 1. The molecule has 11 heavy (non-hydrogen) atoms. The van der Waals surface area contributed by atoms with E-state index in [2.05, 4.69) is 5.10 Å². The van der Waals surface area contributed by atoms with E-state index in [9.17, 15) is 4.39 Å². The molecule has 2 N–H and O–H groups in total. The minimum atomic E-state index is -0.945. The second kappa shape index (κ2) is 3.48. The molecular formula is C7H12FN3. The van der Waals surface area contributed by atoms with Crippen molar-refractivity contribution >= 4 is 0 Å². The van der Waals surface area contributed by atoms with E-state index in [0.717, 1.165) is 5.56 Å². The summed E-state index contributed by atoms with van der Waals surface area (Å²) < 4.78 is 14.3. The zero-order valence-electron chi connectivity index (χ0n) is 6.50. The highest BCUT2D eigenvalue weighted by atomic mass is 19.1. The van der Waals surface area contributed by atoms with Crippen LogP contribution in [-0.4, -0.2) is 22.5 Å². The van der Waals surface area contributed by atoms with Crippen LogP contribution in [0.15, 0.2) is 12.4 Å². The molecule has 0 fully saturated rings. The number of rotatable bonds is 3. The Balaban J connectivity index is 2.50.